The number of pyridine rings is 1. The first-order valence-corrected chi connectivity index (χ1v) is 7.12. The highest BCUT2D eigenvalue weighted by Gasteiger charge is 2.02. The number of rotatable bonds is 6. The molecule has 0 bridgehead atoms. The Bertz CT molecular complexity index is 704. The van der Waals surface area contributed by atoms with Gasteiger partial charge in [-0.05, 0) is 29.8 Å². The minimum Gasteiger partial charge on any atom is -0.374 e. The fourth-order valence-electron chi connectivity index (χ4n) is 1.89. The summed E-state index contributed by atoms with van der Waals surface area (Å²) < 4.78 is 0. The Labute approximate surface area is 135 Å². The number of hydrogen-bond donors (Lipinski definition) is 1. The lowest BCUT2D eigenvalue weighted by Gasteiger charge is -2.17. The van der Waals surface area contributed by atoms with Gasteiger partial charge in [-0.25, -0.2) is 5.43 Å². The third-order valence-corrected chi connectivity index (χ3v) is 3.20. The first kappa shape index (κ1) is 16.2. The molecule has 0 saturated carbocycles. The minimum atomic E-state index is -0.304. The minimum absolute atomic E-state index is 0.304. The summed E-state index contributed by atoms with van der Waals surface area (Å²) in [6.45, 7) is 0.686. The van der Waals surface area contributed by atoms with Gasteiger partial charge in [0.2, 0.25) is 0 Å². The maximum atomic E-state index is 11.8. The van der Waals surface area contributed by atoms with Crippen molar-refractivity contribution in [3.8, 4) is 6.07 Å². The molecule has 1 N–H and O–H groups in total. The average molecular weight is 307 g/mol. The van der Waals surface area contributed by atoms with E-state index >= 15 is 0 Å². The molecule has 0 saturated heterocycles. The second kappa shape index (κ2) is 8.29. The van der Waals surface area contributed by atoms with Crippen LogP contribution in [-0.2, 0) is 0 Å². The van der Waals surface area contributed by atoms with Crippen molar-refractivity contribution in [3.63, 3.8) is 0 Å². The first-order valence-electron chi connectivity index (χ1n) is 7.12. The zero-order chi connectivity index (χ0) is 16.5. The van der Waals surface area contributed by atoms with Crippen molar-refractivity contribution in [1.29, 1.82) is 5.26 Å². The quantitative estimate of drug-likeness (QED) is 0.655. The number of anilines is 1. The summed E-state index contributed by atoms with van der Waals surface area (Å²) in [7, 11) is 1.94. The predicted octanol–water partition coefficient (Wildman–Crippen LogP) is 2.20. The molecule has 0 atom stereocenters. The maximum Gasteiger partial charge on any atom is 0.272 e. The van der Waals surface area contributed by atoms with Gasteiger partial charge in [-0.1, -0.05) is 12.1 Å². The van der Waals surface area contributed by atoms with Crippen LogP contribution in [0.15, 0.2) is 53.9 Å². The monoisotopic (exact) mass is 307 g/mol. The molecule has 0 fully saturated rings. The normalized spacial score (nSPS) is 10.3. The van der Waals surface area contributed by atoms with Crippen molar-refractivity contribution in [2.24, 2.45) is 5.10 Å². The topological polar surface area (TPSA) is 81.4 Å². The van der Waals surface area contributed by atoms with E-state index in [1.165, 1.54) is 6.20 Å². The first-order chi connectivity index (χ1) is 11.2. The number of hydrazone groups is 1. The van der Waals surface area contributed by atoms with Gasteiger partial charge >= 0.3 is 0 Å². The molecule has 0 aliphatic carbocycles. The van der Waals surface area contributed by atoms with Gasteiger partial charge in [0.25, 0.3) is 5.91 Å². The molecule has 0 aliphatic rings. The van der Waals surface area contributed by atoms with E-state index in [9.17, 15) is 4.79 Å². The molecule has 0 spiro atoms. The Hall–Kier alpha value is -3.20. The highest BCUT2D eigenvalue weighted by Crippen LogP contribution is 2.13. The number of aromatic nitrogens is 1. The van der Waals surface area contributed by atoms with Crippen molar-refractivity contribution < 1.29 is 4.79 Å². The number of carbonyl (C=O) groups excluding carboxylic acids is 1. The van der Waals surface area contributed by atoms with Crippen molar-refractivity contribution in [2.45, 2.75) is 6.42 Å². The predicted molar refractivity (Wildman–Crippen MR) is 89.2 cm³/mol. The van der Waals surface area contributed by atoms with Gasteiger partial charge in [0.15, 0.2) is 0 Å². The highest BCUT2D eigenvalue weighted by atomic mass is 16.2. The molecule has 2 aromatic rings. The van der Waals surface area contributed by atoms with Gasteiger partial charge < -0.3 is 4.90 Å². The number of amides is 1. The second-order valence-corrected chi connectivity index (χ2v) is 4.86. The van der Waals surface area contributed by atoms with Crippen LogP contribution in [-0.4, -0.2) is 30.7 Å². The lowest BCUT2D eigenvalue weighted by molar-refractivity contribution is 0.0955. The van der Waals surface area contributed by atoms with E-state index in [0.29, 0.717) is 18.5 Å². The molecule has 1 aromatic heterocycles. The number of nitrogens with one attached hydrogen (secondary N) is 1. The summed E-state index contributed by atoms with van der Waals surface area (Å²) in [6.07, 6.45) is 5.15. The average Bonchev–Trinajstić information content (AvgIpc) is 2.61. The van der Waals surface area contributed by atoms with Crippen molar-refractivity contribution in [2.75, 3.05) is 18.5 Å². The van der Waals surface area contributed by atoms with Crippen molar-refractivity contribution >= 4 is 17.8 Å². The van der Waals surface area contributed by atoms with Gasteiger partial charge in [0.05, 0.1) is 24.3 Å². The fourth-order valence-corrected chi connectivity index (χ4v) is 1.89. The van der Waals surface area contributed by atoms with Crippen LogP contribution >= 0.6 is 0 Å². The van der Waals surface area contributed by atoms with E-state index in [-0.39, 0.29) is 5.91 Å². The summed E-state index contributed by atoms with van der Waals surface area (Å²) in [4.78, 5) is 17.7. The van der Waals surface area contributed by atoms with Crippen LogP contribution in [0.2, 0.25) is 0 Å². The highest BCUT2D eigenvalue weighted by molar-refractivity contribution is 5.94. The molecular weight excluding hydrogens is 290 g/mol. The van der Waals surface area contributed by atoms with Crippen LogP contribution in [0.3, 0.4) is 0 Å². The molecule has 1 aromatic carbocycles. The third-order valence-electron chi connectivity index (χ3n) is 3.20. The van der Waals surface area contributed by atoms with Crippen LogP contribution in [0, 0.1) is 11.3 Å². The largest absolute Gasteiger partial charge is 0.374 e. The van der Waals surface area contributed by atoms with Gasteiger partial charge in [0.1, 0.15) is 0 Å². The molecule has 1 amide bonds. The molecule has 1 heterocycles. The smallest absolute Gasteiger partial charge is 0.272 e. The summed E-state index contributed by atoms with van der Waals surface area (Å²) in [5.74, 6) is -0.304. The summed E-state index contributed by atoms with van der Waals surface area (Å²) >= 11 is 0. The van der Waals surface area contributed by atoms with E-state index in [1.807, 2.05) is 36.2 Å². The van der Waals surface area contributed by atoms with Crippen LogP contribution in [0.1, 0.15) is 22.3 Å². The van der Waals surface area contributed by atoms with Crippen LogP contribution in [0.5, 0.6) is 0 Å². The van der Waals surface area contributed by atoms with Gasteiger partial charge in [0, 0.05) is 31.7 Å². The van der Waals surface area contributed by atoms with Crippen LogP contribution in [0.25, 0.3) is 0 Å². The number of carbonyl (C=O) groups is 1. The molecule has 0 aliphatic heterocycles. The molecular formula is C17H17N5O. The number of nitrogens with zero attached hydrogens (tertiary/aromatic N) is 4. The van der Waals surface area contributed by atoms with E-state index < -0.39 is 0 Å². The lowest BCUT2D eigenvalue weighted by atomic mass is 10.2. The molecule has 23 heavy (non-hydrogen) atoms. The summed E-state index contributed by atoms with van der Waals surface area (Å²) in [6, 6.07) is 13.2. The third kappa shape index (κ3) is 4.93. The van der Waals surface area contributed by atoms with Gasteiger partial charge in [-0.3, -0.25) is 9.78 Å². The number of hydrogen-bond acceptors (Lipinski definition) is 5. The standard InChI is InChI=1S/C17H17N5O/c1-22(11-3-9-18)16-7-5-14(6-8-16)12-20-21-17(23)15-4-2-10-19-13-15/h2,4-8,10,12-13H,3,11H2,1H3,(H,21,23)/b20-12+. The Morgan fingerprint density at radius 3 is 2.83 bits per heavy atom. The van der Waals surface area contributed by atoms with E-state index in [1.54, 1.807) is 24.5 Å². The van der Waals surface area contributed by atoms with E-state index in [4.69, 9.17) is 5.26 Å². The van der Waals surface area contributed by atoms with Crippen LogP contribution in [0.4, 0.5) is 5.69 Å². The maximum absolute atomic E-state index is 11.8. The molecule has 6 nitrogen and oxygen atoms in total. The van der Waals surface area contributed by atoms with E-state index in [0.717, 1.165) is 11.3 Å². The van der Waals surface area contributed by atoms with Gasteiger partial charge in [-0.2, -0.15) is 10.4 Å². The lowest BCUT2D eigenvalue weighted by Crippen LogP contribution is -2.18. The summed E-state index contributed by atoms with van der Waals surface area (Å²) in [5.41, 5.74) is 4.81. The van der Waals surface area contributed by atoms with Gasteiger partial charge in [-0.15, -0.1) is 0 Å². The van der Waals surface area contributed by atoms with Crippen molar-refractivity contribution in [1.82, 2.24) is 10.4 Å². The number of benzene rings is 1. The molecule has 0 radical (unpaired) electrons. The molecule has 116 valence electrons. The van der Waals surface area contributed by atoms with Crippen LogP contribution < -0.4 is 10.3 Å². The molecule has 2 rings (SSSR count). The Kier molecular flexibility index (Phi) is 5.83. The Morgan fingerprint density at radius 2 is 2.17 bits per heavy atom. The zero-order valence-corrected chi connectivity index (χ0v) is 12.8. The van der Waals surface area contributed by atoms with E-state index in [2.05, 4.69) is 21.6 Å². The second-order valence-electron chi connectivity index (χ2n) is 4.86. The molecule has 0 unspecified atom stereocenters. The summed E-state index contributed by atoms with van der Waals surface area (Å²) in [5, 5.41) is 12.5. The number of nitriles is 1. The Morgan fingerprint density at radius 1 is 1.39 bits per heavy atom. The Balaban J connectivity index is 1.91. The SMILES string of the molecule is CN(CCC#N)c1ccc(/C=N/NC(=O)c2cccnc2)cc1. The fraction of sp³-hybridized carbons (Fsp3) is 0.176. The molecule has 6 heteroatoms. The zero-order valence-electron chi connectivity index (χ0n) is 12.8. The van der Waals surface area contributed by atoms with Crippen molar-refractivity contribution in [3.05, 3.63) is 59.9 Å².